The van der Waals surface area contributed by atoms with Crippen molar-refractivity contribution in [2.75, 3.05) is 24.3 Å². The van der Waals surface area contributed by atoms with E-state index in [9.17, 15) is 0 Å². The first-order chi connectivity index (χ1) is 14.5. The van der Waals surface area contributed by atoms with E-state index in [1.165, 1.54) is 0 Å². The average molecular weight is 462 g/mol. The lowest BCUT2D eigenvalue weighted by Gasteiger charge is -2.13. The zero-order chi connectivity index (χ0) is 20.7. The Morgan fingerprint density at radius 1 is 0.967 bits per heavy atom. The van der Waals surface area contributed by atoms with Gasteiger partial charge in [0.15, 0.2) is 0 Å². The number of benzene rings is 3. The minimum atomic E-state index is 0.678. The Hall–Kier alpha value is -3.45. The number of aromatic amines is 2. The number of anilines is 3. The standard InChI is InChI=1S/C23H20BrN5O/c1-29(2)15-4-3-5-16(11-15)30-17-7-9-20-21(12-17)27-23(26-20)28-22-13-25-19-8-6-14(24)10-18(19)22/h3-13,25H,1-2H3,(H2,26,27,28). The monoisotopic (exact) mass is 461 g/mol. The zero-order valence-electron chi connectivity index (χ0n) is 16.5. The fraction of sp³-hybridized carbons (Fsp3) is 0.0870. The van der Waals surface area contributed by atoms with Crippen molar-refractivity contribution in [3.63, 3.8) is 0 Å². The number of fused-ring (bicyclic) bond motifs is 2. The molecule has 3 N–H and O–H groups in total. The summed E-state index contributed by atoms with van der Waals surface area (Å²) < 4.78 is 7.08. The molecule has 0 atom stereocenters. The smallest absolute Gasteiger partial charge is 0.205 e. The number of hydrogen-bond donors (Lipinski definition) is 3. The molecular weight excluding hydrogens is 442 g/mol. The molecule has 0 saturated carbocycles. The van der Waals surface area contributed by atoms with Crippen LogP contribution in [-0.2, 0) is 0 Å². The fourth-order valence-electron chi connectivity index (χ4n) is 3.39. The summed E-state index contributed by atoms with van der Waals surface area (Å²) in [4.78, 5) is 13.3. The predicted molar refractivity (Wildman–Crippen MR) is 126 cm³/mol. The molecule has 0 amide bonds. The van der Waals surface area contributed by atoms with Gasteiger partial charge in [0.25, 0.3) is 0 Å². The third-order valence-electron chi connectivity index (χ3n) is 4.92. The lowest BCUT2D eigenvalue weighted by Crippen LogP contribution is -2.08. The van der Waals surface area contributed by atoms with Crippen molar-refractivity contribution in [1.29, 1.82) is 0 Å². The van der Waals surface area contributed by atoms with Crippen molar-refractivity contribution in [2.24, 2.45) is 0 Å². The number of ether oxygens (including phenoxy) is 1. The Labute approximate surface area is 182 Å². The van der Waals surface area contributed by atoms with E-state index in [1.807, 2.05) is 79.8 Å². The van der Waals surface area contributed by atoms with Gasteiger partial charge in [-0.2, -0.15) is 0 Å². The van der Waals surface area contributed by atoms with Crippen LogP contribution in [-0.4, -0.2) is 29.0 Å². The second-order valence-corrected chi connectivity index (χ2v) is 8.19. The van der Waals surface area contributed by atoms with Crippen LogP contribution in [0.2, 0.25) is 0 Å². The van der Waals surface area contributed by atoms with Crippen LogP contribution in [0.5, 0.6) is 11.5 Å². The molecule has 0 aliphatic heterocycles. The molecule has 0 aliphatic carbocycles. The van der Waals surface area contributed by atoms with E-state index in [4.69, 9.17) is 4.74 Å². The summed E-state index contributed by atoms with van der Waals surface area (Å²) >= 11 is 3.53. The minimum Gasteiger partial charge on any atom is -0.457 e. The molecule has 5 rings (SSSR count). The molecule has 2 aromatic heterocycles. The molecule has 30 heavy (non-hydrogen) atoms. The Morgan fingerprint density at radius 3 is 2.67 bits per heavy atom. The lowest BCUT2D eigenvalue weighted by molar-refractivity contribution is 0.483. The number of rotatable bonds is 5. The van der Waals surface area contributed by atoms with E-state index in [0.717, 1.165) is 49.3 Å². The highest BCUT2D eigenvalue weighted by molar-refractivity contribution is 9.10. The van der Waals surface area contributed by atoms with E-state index >= 15 is 0 Å². The molecule has 5 aromatic rings. The first-order valence-corrected chi connectivity index (χ1v) is 10.3. The molecule has 3 aromatic carbocycles. The third-order valence-corrected chi connectivity index (χ3v) is 5.41. The highest BCUT2D eigenvalue weighted by Gasteiger charge is 2.09. The van der Waals surface area contributed by atoms with Gasteiger partial charge in [-0.3, -0.25) is 0 Å². The molecule has 2 heterocycles. The molecule has 0 fully saturated rings. The molecule has 0 radical (unpaired) electrons. The summed E-state index contributed by atoms with van der Waals surface area (Å²) in [6, 6.07) is 20.0. The van der Waals surface area contributed by atoms with Gasteiger partial charge in [-0.05, 0) is 42.5 Å². The predicted octanol–water partition coefficient (Wildman–Crippen LogP) is 6.41. The van der Waals surface area contributed by atoms with Gasteiger partial charge >= 0.3 is 0 Å². The molecule has 0 bridgehead atoms. The Bertz CT molecular complexity index is 1350. The van der Waals surface area contributed by atoms with E-state index in [-0.39, 0.29) is 0 Å². The van der Waals surface area contributed by atoms with Gasteiger partial charge in [0.1, 0.15) is 11.5 Å². The summed E-state index contributed by atoms with van der Waals surface area (Å²) in [6.45, 7) is 0. The van der Waals surface area contributed by atoms with Crippen LogP contribution in [0.15, 0.2) is 71.3 Å². The van der Waals surface area contributed by atoms with Crippen LogP contribution >= 0.6 is 15.9 Å². The largest absolute Gasteiger partial charge is 0.457 e. The van der Waals surface area contributed by atoms with E-state index in [1.54, 1.807) is 0 Å². The minimum absolute atomic E-state index is 0.678. The zero-order valence-corrected chi connectivity index (χ0v) is 18.1. The van der Waals surface area contributed by atoms with Crippen LogP contribution in [0.1, 0.15) is 0 Å². The van der Waals surface area contributed by atoms with E-state index < -0.39 is 0 Å². The van der Waals surface area contributed by atoms with Crippen molar-refractivity contribution >= 4 is 55.2 Å². The van der Waals surface area contributed by atoms with E-state index in [0.29, 0.717) is 5.95 Å². The van der Waals surface area contributed by atoms with Crippen molar-refractivity contribution < 1.29 is 4.74 Å². The second-order valence-electron chi connectivity index (χ2n) is 7.28. The molecule has 0 aliphatic rings. The Kier molecular flexibility index (Phi) is 4.59. The van der Waals surface area contributed by atoms with Gasteiger partial charge in [-0.15, -0.1) is 0 Å². The summed E-state index contributed by atoms with van der Waals surface area (Å²) in [7, 11) is 4.02. The first-order valence-electron chi connectivity index (χ1n) is 9.54. The average Bonchev–Trinajstić information content (AvgIpc) is 3.31. The van der Waals surface area contributed by atoms with Gasteiger partial charge in [-0.1, -0.05) is 22.0 Å². The number of imidazole rings is 1. The molecule has 0 spiro atoms. The van der Waals surface area contributed by atoms with Crippen molar-refractivity contribution in [3.8, 4) is 11.5 Å². The maximum atomic E-state index is 6.05. The number of nitrogens with one attached hydrogen (secondary N) is 3. The van der Waals surface area contributed by atoms with Gasteiger partial charge in [0.2, 0.25) is 5.95 Å². The molecule has 6 nitrogen and oxygen atoms in total. The maximum Gasteiger partial charge on any atom is 0.205 e. The Morgan fingerprint density at radius 2 is 1.80 bits per heavy atom. The van der Waals surface area contributed by atoms with E-state index in [2.05, 4.69) is 42.3 Å². The lowest BCUT2D eigenvalue weighted by atomic mass is 10.2. The van der Waals surface area contributed by atoms with Crippen LogP contribution in [0, 0.1) is 0 Å². The summed E-state index contributed by atoms with van der Waals surface area (Å²) in [5.41, 5.74) is 4.88. The normalized spacial score (nSPS) is 11.2. The van der Waals surface area contributed by atoms with Crippen LogP contribution in [0.4, 0.5) is 17.3 Å². The first kappa shape index (κ1) is 18.6. The van der Waals surface area contributed by atoms with Crippen LogP contribution in [0.3, 0.4) is 0 Å². The SMILES string of the molecule is CN(C)c1cccc(Oc2ccc3[nH]c(Nc4c[nH]c5ccc(Br)cc45)nc3c2)c1. The highest BCUT2D eigenvalue weighted by Crippen LogP contribution is 2.30. The summed E-state index contributed by atoms with van der Waals surface area (Å²) in [6.07, 6.45) is 1.94. The highest BCUT2D eigenvalue weighted by atomic mass is 79.9. The Balaban J connectivity index is 1.41. The van der Waals surface area contributed by atoms with Crippen molar-refractivity contribution in [1.82, 2.24) is 15.0 Å². The summed E-state index contributed by atoms with van der Waals surface area (Å²) in [5, 5.41) is 4.46. The number of hydrogen-bond acceptors (Lipinski definition) is 4. The second kappa shape index (κ2) is 7.42. The molecule has 0 saturated heterocycles. The maximum absolute atomic E-state index is 6.05. The van der Waals surface area contributed by atoms with Crippen LogP contribution in [0.25, 0.3) is 21.9 Å². The van der Waals surface area contributed by atoms with Crippen molar-refractivity contribution in [2.45, 2.75) is 0 Å². The number of halogens is 1. The van der Waals surface area contributed by atoms with Gasteiger partial charge in [0.05, 0.1) is 16.7 Å². The fourth-order valence-corrected chi connectivity index (χ4v) is 3.75. The number of aromatic nitrogens is 3. The number of H-pyrrole nitrogens is 2. The van der Waals surface area contributed by atoms with Gasteiger partial charge < -0.3 is 24.9 Å². The third kappa shape index (κ3) is 3.59. The molecular formula is C23H20BrN5O. The van der Waals surface area contributed by atoms with Gasteiger partial charge in [-0.25, -0.2) is 4.98 Å². The quantitative estimate of drug-likeness (QED) is 0.282. The number of nitrogens with zero attached hydrogens (tertiary/aromatic N) is 2. The topological polar surface area (TPSA) is 69.0 Å². The van der Waals surface area contributed by atoms with Crippen LogP contribution < -0.4 is 15.0 Å². The molecule has 150 valence electrons. The molecule has 7 heteroatoms. The molecule has 0 unspecified atom stereocenters. The van der Waals surface area contributed by atoms with Gasteiger partial charge in [0, 0.05) is 53.5 Å². The summed E-state index contributed by atoms with van der Waals surface area (Å²) in [5.74, 6) is 2.21. The van der Waals surface area contributed by atoms with Crippen molar-refractivity contribution in [3.05, 3.63) is 71.3 Å².